The first kappa shape index (κ1) is 15.3. The van der Waals surface area contributed by atoms with Gasteiger partial charge in [-0.15, -0.1) is 0 Å². The summed E-state index contributed by atoms with van der Waals surface area (Å²) in [5.41, 5.74) is 1.08. The molecule has 0 radical (unpaired) electrons. The van der Waals surface area contributed by atoms with Crippen molar-refractivity contribution < 1.29 is 4.79 Å². The van der Waals surface area contributed by atoms with Crippen LogP contribution in [0.15, 0.2) is 24.3 Å². The number of halogens is 1. The molecule has 1 aromatic rings. The number of carbonyl (C=O) groups excluding carboxylic acids is 1. The van der Waals surface area contributed by atoms with E-state index in [0.29, 0.717) is 6.54 Å². The lowest BCUT2D eigenvalue weighted by molar-refractivity contribution is -0.127. The molecule has 110 valence electrons. The second kappa shape index (κ2) is 7.65. The van der Waals surface area contributed by atoms with E-state index in [1.165, 1.54) is 6.42 Å². The van der Waals surface area contributed by atoms with Gasteiger partial charge in [-0.25, -0.2) is 0 Å². The van der Waals surface area contributed by atoms with Crippen LogP contribution in [-0.4, -0.2) is 29.9 Å². The van der Waals surface area contributed by atoms with Gasteiger partial charge in [-0.1, -0.05) is 37.1 Å². The van der Waals surface area contributed by atoms with Gasteiger partial charge in [0.05, 0.1) is 6.04 Å². The molecular formula is C16H23ClN2O. The number of amides is 1. The van der Waals surface area contributed by atoms with Crippen LogP contribution in [0.5, 0.6) is 0 Å². The summed E-state index contributed by atoms with van der Waals surface area (Å²) in [6, 6.07) is 7.66. The highest BCUT2D eigenvalue weighted by Gasteiger charge is 2.27. The molecule has 1 aliphatic heterocycles. The van der Waals surface area contributed by atoms with E-state index in [1.807, 2.05) is 24.3 Å². The average molecular weight is 295 g/mol. The Kier molecular flexibility index (Phi) is 5.86. The maximum absolute atomic E-state index is 12.3. The zero-order valence-corrected chi connectivity index (χ0v) is 12.8. The Hall–Kier alpha value is -1.06. The SMILES string of the molecule is CCCN1CCCCC1C(=O)NCc1ccc(Cl)cc1. The van der Waals surface area contributed by atoms with Gasteiger partial charge in [0, 0.05) is 11.6 Å². The summed E-state index contributed by atoms with van der Waals surface area (Å²) in [5, 5.41) is 3.78. The largest absolute Gasteiger partial charge is 0.351 e. The maximum Gasteiger partial charge on any atom is 0.237 e. The summed E-state index contributed by atoms with van der Waals surface area (Å²) in [5.74, 6) is 0.160. The van der Waals surface area contributed by atoms with Crippen LogP contribution in [-0.2, 0) is 11.3 Å². The van der Waals surface area contributed by atoms with Crippen molar-refractivity contribution >= 4 is 17.5 Å². The first-order valence-corrected chi connectivity index (χ1v) is 7.84. The zero-order chi connectivity index (χ0) is 14.4. The van der Waals surface area contributed by atoms with Gasteiger partial charge < -0.3 is 5.32 Å². The Balaban J connectivity index is 1.88. The highest BCUT2D eigenvalue weighted by atomic mass is 35.5. The number of nitrogens with one attached hydrogen (secondary N) is 1. The molecule has 0 aliphatic carbocycles. The van der Waals surface area contributed by atoms with E-state index in [1.54, 1.807) is 0 Å². The fourth-order valence-electron chi connectivity index (χ4n) is 2.75. The van der Waals surface area contributed by atoms with Crippen LogP contribution in [0.4, 0.5) is 0 Å². The van der Waals surface area contributed by atoms with E-state index in [4.69, 9.17) is 11.6 Å². The smallest absolute Gasteiger partial charge is 0.237 e. The van der Waals surface area contributed by atoms with Gasteiger partial charge >= 0.3 is 0 Å². The molecule has 1 saturated heterocycles. The van der Waals surface area contributed by atoms with Gasteiger partial charge in [-0.2, -0.15) is 0 Å². The summed E-state index contributed by atoms with van der Waals surface area (Å²) in [6.45, 7) is 4.80. The molecule has 1 heterocycles. The number of benzene rings is 1. The van der Waals surface area contributed by atoms with Crippen molar-refractivity contribution in [2.45, 2.75) is 45.2 Å². The first-order chi connectivity index (χ1) is 9.70. The third kappa shape index (κ3) is 4.22. The fourth-order valence-corrected chi connectivity index (χ4v) is 2.88. The molecule has 1 aliphatic rings. The third-order valence-corrected chi connectivity index (χ3v) is 4.06. The topological polar surface area (TPSA) is 32.3 Å². The van der Waals surface area contributed by atoms with E-state index >= 15 is 0 Å². The Morgan fingerprint density at radius 1 is 1.35 bits per heavy atom. The average Bonchev–Trinajstić information content (AvgIpc) is 2.47. The molecule has 2 rings (SSSR count). The van der Waals surface area contributed by atoms with Crippen LogP contribution >= 0.6 is 11.6 Å². The molecular weight excluding hydrogens is 272 g/mol. The Morgan fingerprint density at radius 2 is 2.10 bits per heavy atom. The number of hydrogen-bond acceptors (Lipinski definition) is 2. The molecule has 20 heavy (non-hydrogen) atoms. The molecule has 3 nitrogen and oxygen atoms in total. The van der Waals surface area contributed by atoms with Crippen LogP contribution in [0.3, 0.4) is 0 Å². The van der Waals surface area contributed by atoms with Crippen molar-refractivity contribution in [1.82, 2.24) is 10.2 Å². The normalized spacial score (nSPS) is 19.8. The number of likely N-dealkylation sites (tertiary alicyclic amines) is 1. The highest BCUT2D eigenvalue weighted by Crippen LogP contribution is 2.17. The lowest BCUT2D eigenvalue weighted by atomic mass is 10.0. The lowest BCUT2D eigenvalue weighted by Crippen LogP contribution is -2.49. The number of hydrogen-bond donors (Lipinski definition) is 1. The molecule has 1 unspecified atom stereocenters. The van der Waals surface area contributed by atoms with Crippen molar-refractivity contribution in [2.24, 2.45) is 0 Å². The minimum atomic E-state index is 0.0519. The van der Waals surface area contributed by atoms with Crippen LogP contribution in [0.25, 0.3) is 0 Å². The number of carbonyl (C=O) groups is 1. The van der Waals surface area contributed by atoms with Gasteiger partial charge in [0.1, 0.15) is 0 Å². The number of nitrogens with zero attached hydrogens (tertiary/aromatic N) is 1. The quantitative estimate of drug-likeness (QED) is 0.904. The maximum atomic E-state index is 12.3. The van der Waals surface area contributed by atoms with Crippen LogP contribution in [0.1, 0.15) is 38.2 Å². The third-order valence-electron chi connectivity index (χ3n) is 3.81. The van der Waals surface area contributed by atoms with Gasteiger partial charge in [-0.05, 0) is 50.0 Å². The Bertz CT molecular complexity index is 431. The van der Waals surface area contributed by atoms with Gasteiger partial charge in [0.25, 0.3) is 0 Å². The van der Waals surface area contributed by atoms with E-state index < -0.39 is 0 Å². The molecule has 1 atom stereocenters. The fraction of sp³-hybridized carbons (Fsp3) is 0.562. The second-order valence-corrected chi connectivity index (χ2v) is 5.83. The summed E-state index contributed by atoms with van der Waals surface area (Å²) in [4.78, 5) is 14.7. The van der Waals surface area contributed by atoms with Crippen molar-refractivity contribution in [2.75, 3.05) is 13.1 Å². The van der Waals surface area contributed by atoms with Crippen LogP contribution < -0.4 is 5.32 Å². The van der Waals surface area contributed by atoms with E-state index in [2.05, 4.69) is 17.1 Å². The Labute approximate surface area is 126 Å². The Morgan fingerprint density at radius 3 is 2.80 bits per heavy atom. The summed E-state index contributed by atoms with van der Waals surface area (Å²) in [6.07, 6.45) is 4.44. The minimum absolute atomic E-state index is 0.0519. The monoisotopic (exact) mass is 294 g/mol. The molecule has 0 spiro atoms. The highest BCUT2D eigenvalue weighted by molar-refractivity contribution is 6.30. The van der Waals surface area contributed by atoms with Crippen LogP contribution in [0, 0.1) is 0 Å². The standard InChI is InChI=1S/C16H23ClN2O/c1-2-10-19-11-4-3-5-15(19)16(20)18-12-13-6-8-14(17)9-7-13/h6-9,15H,2-5,10-12H2,1H3,(H,18,20). The molecule has 0 saturated carbocycles. The molecule has 0 aromatic heterocycles. The molecule has 1 fully saturated rings. The zero-order valence-electron chi connectivity index (χ0n) is 12.1. The van der Waals surface area contributed by atoms with Gasteiger partial charge in [0.2, 0.25) is 5.91 Å². The predicted octanol–water partition coefficient (Wildman–Crippen LogP) is 3.22. The number of piperidine rings is 1. The minimum Gasteiger partial charge on any atom is -0.351 e. The van der Waals surface area contributed by atoms with Crippen molar-refractivity contribution in [3.8, 4) is 0 Å². The van der Waals surface area contributed by atoms with Gasteiger partial charge in [-0.3, -0.25) is 9.69 Å². The predicted molar refractivity (Wildman–Crippen MR) is 82.8 cm³/mol. The molecule has 0 bridgehead atoms. The van der Waals surface area contributed by atoms with Crippen LogP contribution in [0.2, 0.25) is 5.02 Å². The molecule has 4 heteroatoms. The second-order valence-electron chi connectivity index (χ2n) is 5.39. The molecule has 1 amide bonds. The van der Waals surface area contributed by atoms with Gasteiger partial charge in [0.15, 0.2) is 0 Å². The molecule has 1 aromatic carbocycles. The molecule has 1 N–H and O–H groups in total. The van der Waals surface area contributed by atoms with Crippen molar-refractivity contribution in [1.29, 1.82) is 0 Å². The van der Waals surface area contributed by atoms with E-state index in [9.17, 15) is 4.79 Å². The lowest BCUT2D eigenvalue weighted by Gasteiger charge is -2.34. The number of rotatable bonds is 5. The van der Waals surface area contributed by atoms with Crippen molar-refractivity contribution in [3.05, 3.63) is 34.9 Å². The summed E-state index contributed by atoms with van der Waals surface area (Å²) >= 11 is 5.86. The van der Waals surface area contributed by atoms with E-state index in [0.717, 1.165) is 42.9 Å². The first-order valence-electron chi connectivity index (χ1n) is 7.47. The summed E-state index contributed by atoms with van der Waals surface area (Å²) < 4.78 is 0. The van der Waals surface area contributed by atoms with E-state index in [-0.39, 0.29) is 11.9 Å². The summed E-state index contributed by atoms with van der Waals surface area (Å²) in [7, 11) is 0. The van der Waals surface area contributed by atoms with Crippen molar-refractivity contribution in [3.63, 3.8) is 0 Å².